The van der Waals surface area contributed by atoms with E-state index in [2.05, 4.69) is 20.6 Å². The van der Waals surface area contributed by atoms with Crippen LogP contribution in [0.3, 0.4) is 0 Å². The molecule has 1 heterocycles. The molecular formula is C9H14N4O3. The van der Waals surface area contributed by atoms with Gasteiger partial charge in [-0.15, -0.1) is 0 Å². The molecule has 1 aromatic rings. The van der Waals surface area contributed by atoms with Crippen molar-refractivity contribution in [1.82, 2.24) is 20.6 Å². The summed E-state index contributed by atoms with van der Waals surface area (Å²) in [5.74, 6) is -1.07. The summed E-state index contributed by atoms with van der Waals surface area (Å²) in [4.78, 5) is 28.3. The van der Waals surface area contributed by atoms with Gasteiger partial charge in [-0.2, -0.15) is 0 Å². The van der Waals surface area contributed by atoms with Crippen LogP contribution in [0.25, 0.3) is 0 Å². The first-order valence-corrected chi connectivity index (χ1v) is 4.84. The average Bonchev–Trinajstić information content (AvgIpc) is 2.70. The van der Waals surface area contributed by atoms with Gasteiger partial charge in [0, 0.05) is 24.9 Å². The van der Waals surface area contributed by atoms with Gasteiger partial charge in [0.1, 0.15) is 6.04 Å². The second kappa shape index (κ2) is 5.74. The summed E-state index contributed by atoms with van der Waals surface area (Å²) in [5.41, 5.74) is 0.909. The number of hydrogen-bond donors (Lipinski definition) is 4. The van der Waals surface area contributed by atoms with Crippen LogP contribution >= 0.6 is 0 Å². The molecule has 0 spiro atoms. The molecular weight excluding hydrogens is 212 g/mol. The van der Waals surface area contributed by atoms with Crippen molar-refractivity contribution >= 4 is 12.0 Å². The normalized spacial score (nSPS) is 11.8. The maximum Gasteiger partial charge on any atom is 0.325 e. The number of aromatic nitrogens is 2. The number of amides is 2. The first kappa shape index (κ1) is 12.0. The van der Waals surface area contributed by atoms with Gasteiger partial charge in [0.05, 0.1) is 6.33 Å². The van der Waals surface area contributed by atoms with Crippen LogP contribution in [0.5, 0.6) is 0 Å². The summed E-state index contributed by atoms with van der Waals surface area (Å²) in [5, 5.41) is 13.4. The Morgan fingerprint density at radius 1 is 1.62 bits per heavy atom. The molecule has 1 rings (SSSR count). The van der Waals surface area contributed by atoms with Crippen LogP contribution in [0.2, 0.25) is 0 Å². The minimum atomic E-state index is -1.07. The van der Waals surface area contributed by atoms with Gasteiger partial charge in [-0.3, -0.25) is 4.79 Å². The van der Waals surface area contributed by atoms with Gasteiger partial charge in [0.25, 0.3) is 0 Å². The third kappa shape index (κ3) is 3.99. The monoisotopic (exact) mass is 226 g/mol. The standard InChI is InChI=1S/C9H14N4O3/c1-6(8(14)15)13-9(16)11-3-2-7-4-10-5-12-7/h4-6H,2-3H2,1H3,(H,10,12)(H,14,15)(H2,11,13,16)/t6-/m1/s1. The molecule has 0 bridgehead atoms. The zero-order chi connectivity index (χ0) is 12.0. The molecule has 88 valence electrons. The Kier molecular flexibility index (Phi) is 4.31. The maximum absolute atomic E-state index is 11.2. The van der Waals surface area contributed by atoms with E-state index in [-0.39, 0.29) is 0 Å². The van der Waals surface area contributed by atoms with Crippen LogP contribution in [0.4, 0.5) is 4.79 Å². The Hall–Kier alpha value is -2.05. The zero-order valence-electron chi connectivity index (χ0n) is 8.86. The number of hydrogen-bond acceptors (Lipinski definition) is 3. The van der Waals surface area contributed by atoms with Crippen molar-refractivity contribution in [2.24, 2.45) is 0 Å². The number of rotatable bonds is 5. The van der Waals surface area contributed by atoms with Crippen LogP contribution < -0.4 is 10.6 Å². The Labute approximate surface area is 92.3 Å². The molecule has 0 unspecified atom stereocenters. The molecule has 1 aromatic heterocycles. The van der Waals surface area contributed by atoms with Crippen LogP contribution in [0.15, 0.2) is 12.5 Å². The van der Waals surface area contributed by atoms with E-state index in [1.807, 2.05) is 0 Å². The quantitative estimate of drug-likeness (QED) is 0.554. The Morgan fingerprint density at radius 3 is 2.94 bits per heavy atom. The number of H-pyrrole nitrogens is 1. The number of carbonyl (C=O) groups excluding carboxylic acids is 1. The van der Waals surface area contributed by atoms with Crippen LogP contribution in [0, 0.1) is 0 Å². The fourth-order valence-electron chi connectivity index (χ4n) is 1.04. The SMILES string of the molecule is C[C@@H](NC(=O)NCCc1cnc[nH]1)C(=O)O. The molecule has 2 amide bonds. The fraction of sp³-hybridized carbons (Fsp3) is 0.444. The Bertz CT molecular complexity index is 350. The van der Waals surface area contributed by atoms with Gasteiger partial charge in [-0.05, 0) is 6.92 Å². The zero-order valence-corrected chi connectivity index (χ0v) is 8.86. The lowest BCUT2D eigenvalue weighted by atomic mass is 10.3. The van der Waals surface area contributed by atoms with E-state index in [1.165, 1.54) is 6.92 Å². The Morgan fingerprint density at radius 2 is 2.38 bits per heavy atom. The van der Waals surface area contributed by atoms with Crippen molar-refractivity contribution in [3.8, 4) is 0 Å². The lowest BCUT2D eigenvalue weighted by Gasteiger charge is -2.10. The molecule has 0 aliphatic heterocycles. The predicted molar refractivity (Wildman–Crippen MR) is 55.9 cm³/mol. The lowest BCUT2D eigenvalue weighted by Crippen LogP contribution is -2.44. The van der Waals surface area contributed by atoms with Gasteiger partial charge < -0.3 is 20.7 Å². The lowest BCUT2D eigenvalue weighted by molar-refractivity contribution is -0.138. The first-order valence-electron chi connectivity index (χ1n) is 4.84. The number of carboxylic acid groups (broad SMARTS) is 1. The number of carboxylic acids is 1. The number of nitrogens with one attached hydrogen (secondary N) is 3. The molecule has 7 heteroatoms. The van der Waals surface area contributed by atoms with Crippen molar-refractivity contribution in [3.05, 3.63) is 18.2 Å². The van der Waals surface area contributed by atoms with E-state index >= 15 is 0 Å². The smallest absolute Gasteiger partial charge is 0.325 e. The first-order chi connectivity index (χ1) is 7.59. The van der Waals surface area contributed by atoms with E-state index in [0.717, 1.165) is 5.69 Å². The number of aliphatic carboxylic acids is 1. The second-order valence-corrected chi connectivity index (χ2v) is 3.29. The number of aromatic amines is 1. The summed E-state index contributed by atoms with van der Waals surface area (Å²) in [6.45, 7) is 1.82. The van der Waals surface area contributed by atoms with Crippen molar-refractivity contribution < 1.29 is 14.7 Å². The molecule has 0 aliphatic rings. The second-order valence-electron chi connectivity index (χ2n) is 3.29. The molecule has 1 atom stereocenters. The molecule has 0 aliphatic carbocycles. The highest BCUT2D eigenvalue weighted by atomic mass is 16.4. The third-order valence-electron chi connectivity index (χ3n) is 1.95. The molecule has 0 fully saturated rings. The van der Waals surface area contributed by atoms with E-state index in [0.29, 0.717) is 13.0 Å². The van der Waals surface area contributed by atoms with Gasteiger partial charge in [-0.25, -0.2) is 9.78 Å². The summed E-state index contributed by atoms with van der Waals surface area (Å²) >= 11 is 0. The molecule has 4 N–H and O–H groups in total. The number of carbonyl (C=O) groups is 2. The van der Waals surface area contributed by atoms with E-state index in [9.17, 15) is 9.59 Å². The van der Waals surface area contributed by atoms with E-state index < -0.39 is 18.0 Å². The summed E-state index contributed by atoms with van der Waals surface area (Å²) < 4.78 is 0. The molecule has 7 nitrogen and oxygen atoms in total. The van der Waals surface area contributed by atoms with Crippen molar-refractivity contribution in [2.75, 3.05) is 6.54 Å². The maximum atomic E-state index is 11.2. The van der Waals surface area contributed by atoms with Crippen LogP contribution in [-0.2, 0) is 11.2 Å². The number of urea groups is 1. The molecule has 0 aromatic carbocycles. The summed E-state index contributed by atoms with van der Waals surface area (Å²) in [7, 11) is 0. The summed E-state index contributed by atoms with van der Waals surface area (Å²) in [6, 6.07) is -1.39. The van der Waals surface area contributed by atoms with Crippen LogP contribution in [0.1, 0.15) is 12.6 Å². The van der Waals surface area contributed by atoms with Gasteiger partial charge in [0.15, 0.2) is 0 Å². The molecule has 16 heavy (non-hydrogen) atoms. The van der Waals surface area contributed by atoms with Crippen LogP contribution in [-0.4, -0.2) is 39.7 Å². The van der Waals surface area contributed by atoms with Crippen molar-refractivity contribution in [3.63, 3.8) is 0 Å². The van der Waals surface area contributed by atoms with Crippen molar-refractivity contribution in [2.45, 2.75) is 19.4 Å². The average molecular weight is 226 g/mol. The minimum Gasteiger partial charge on any atom is -0.480 e. The van der Waals surface area contributed by atoms with Gasteiger partial charge >= 0.3 is 12.0 Å². The third-order valence-corrected chi connectivity index (χ3v) is 1.95. The highest BCUT2D eigenvalue weighted by Gasteiger charge is 2.12. The predicted octanol–water partition coefficient (Wildman–Crippen LogP) is -0.275. The fourth-order valence-corrected chi connectivity index (χ4v) is 1.04. The number of imidazole rings is 1. The minimum absolute atomic E-state index is 0.417. The highest BCUT2D eigenvalue weighted by molar-refractivity contribution is 5.82. The topological polar surface area (TPSA) is 107 Å². The molecule has 0 saturated heterocycles. The Balaban J connectivity index is 2.18. The van der Waals surface area contributed by atoms with E-state index in [1.54, 1.807) is 12.5 Å². The summed E-state index contributed by atoms with van der Waals surface area (Å²) in [6.07, 6.45) is 3.84. The van der Waals surface area contributed by atoms with Gasteiger partial charge in [-0.1, -0.05) is 0 Å². The van der Waals surface area contributed by atoms with E-state index in [4.69, 9.17) is 5.11 Å². The van der Waals surface area contributed by atoms with Gasteiger partial charge in [0.2, 0.25) is 0 Å². The highest BCUT2D eigenvalue weighted by Crippen LogP contribution is 1.90. The molecule has 0 radical (unpaired) electrons. The number of nitrogens with zero attached hydrogens (tertiary/aromatic N) is 1. The molecule has 0 saturated carbocycles. The largest absolute Gasteiger partial charge is 0.480 e. The van der Waals surface area contributed by atoms with Crippen molar-refractivity contribution in [1.29, 1.82) is 0 Å².